The molecule has 198 valence electrons. The molecule has 5 rings (SSSR count). The van der Waals surface area contributed by atoms with Crippen molar-refractivity contribution >= 4 is 40.6 Å². The number of carbonyl (C=O) groups excluding carboxylic acids is 2. The van der Waals surface area contributed by atoms with Crippen LogP contribution in [0.25, 0.3) is 0 Å². The number of nitrogens with zero attached hydrogens (tertiary/aromatic N) is 4. The zero-order valence-electron chi connectivity index (χ0n) is 20.2. The Morgan fingerprint density at radius 3 is 2.58 bits per heavy atom. The van der Waals surface area contributed by atoms with Gasteiger partial charge in [-0.3, -0.25) is 9.59 Å². The molecule has 2 N–H and O–H groups in total. The van der Waals surface area contributed by atoms with E-state index in [1.165, 1.54) is 18.2 Å². The highest BCUT2D eigenvalue weighted by Gasteiger charge is 2.34. The summed E-state index contributed by atoms with van der Waals surface area (Å²) < 4.78 is 40.8. The van der Waals surface area contributed by atoms with Crippen LogP contribution in [0.3, 0.4) is 0 Å². The molecule has 1 saturated heterocycles. The Bertz CT molecular complexity index is 1380. The fourth-order valence-electron chi connectivity index (χ4n) is 4.66. The van der Waals surface area contributed by atoms with Gasteiger partial charge in [-0.2, -0.15) is 13.2 Å². The van der Waals surface area contributed by atoms with Crippen LogP contribution >= 0.6 is 11.6 Å². The second-order valence-electron chi connectivity index (χ2n) is 9.15. The lowest BCUT2D eigenvalue weighted by Crippen LogP contribution is -2.35. The van der Waals surface area contributed by atoms with Gasteiger partial charge >= 0.3 is 6.18 Å². The second kappa shape index (κ2) is 10.5. The number of benzene rings is 2. The molecule has 0 saturated carbocycles. The highest BCUT2D eigenvalue weighted by atomic mass is 35.5. The summed E-state index contributed by atoms with van der Waals surface area (Å²) in [5.74, 6) is -0.287. The topological polar surface area (TPSA) is 90.5 Å². The molecule has 2 aliphatic rings. The molecule has 3 aromatic rings. The molecule has 0 bridgehead atoms. The van der Waals surface area contributed by atoms with E-state index in [9.17, 15) is 22.8 Å². The van der Waals surface area contributed by atoms with Crippen LogP contribution in [0.1, 0.15) is 44.8 Å². The van der Waals surface area contributed by atoms with Crippen molar-refractivity contribution in [1.29, 1.82) is 0 Å². The molecule has 1 fully saturated rings. The minimum Gasteiger partial charge on any atom is -0.365 e. The molecule has 0 radical (unpaired) electrons. The number of carbonyl (C=O) groups is 2. The van der Waals surface area contributed by atoms with Crippen molar-refractivity contribution in [2.75, 3.05) is 41.7 Å². The Morgan fingerprint density at radius 2 is 1.82 bits per heavy atom. The second-order valence-corrected chi connectivity index (χ2v) is 9.58. The zero-order chi connectivity index (χ0) is 26.9. The summed E-state index contributed by atoms with van der Waals surface area (Å²) in [5.41, 5.74) is 0.561. The van der Waals surface area contributed by atoms with Crippen LogP contribution in [-0.4, -0.2) is 53.1 Å². The average Bonchev–Trinajstić information content (AvgIpc) is 3.43. The molecule has 2 aromatic carbocycles. The molecule has 8 nitrogen and oxygen atoms in total. The normalized spacial score (nSPS) is 15.2. The van der Waals surface area contributed by atoms with Crippen molar-refractivity contribution in [2.24, 2.45) is 0 Å². The number of hydrogen-bond acceptors (Lipinski definition) is 6. The van der Waals surface area contributed by atoms with Gasteiger partial charge in [0.25, 0.3) is 11.8 Å². The van der Waals surface area contributed by atoms with E-state index in [1.54, 1.807) is 34.1 Å². The lowest BCUT2D eigenvalue weighted by atomic mass is 10.1. The largest absolute Gasteiger partial charge is 0.416 e. The van der Waals surface area contributed by atoms with Gasteiger partial charge in [-0.15, -0.1) is 10.2 Å². The molecule has 0 aliphatic carbocycles. The Labute approximate surface area is 221 Å². The molecule has 3 heterocycles. The standard InChI is InChI=1S/C26H24ClF3N6O2/c27-18-6-7-20(26(28,29)30)17(12-18)15-36-11-8-31-23-22(36)14-21(33-34-23)24(37)32-19-5-3-4-16(13-19)25(38)35-9-1-2-10-35/h3-7,12-14H,1-2,8-11,15H2,(H,31,34)(H,32,37). The van der Waals surface area contributed by atoms with Gasteiger partial charge in [-0.25, -0.2) is 0 Å². The van der Waals surface area contributed by atoms with E-state index < -0.39 is 17.6 Å². The van der Waals surface area contributed by atoms with E-state index in [4.69, 9.17) is 11.6 Å². The quantitative estimate of drug-likeness (QED) is 0.466. The van der Waals surface area contributed by atoms with E-state index in [0.29, 0.717) is 48.9 Å². The summed E-state index contributed by atoms with van der Waals surface area (Å²) in [6, 6.07) is 11.6. The first-order valence-corrected chi connectivity index (χ1v) is 12.5. The van der Waals surface area contributed by atoms with Crippen LogP contribution in [0, 0.1) is 0 Å². The SMILES string of the molecule is O=C(Nc1cccc(C(=O)N2CCCC2)c1)c1cc2c(nn1)NCCN2Cc1cc(Cl)ccc1C(F)(F)F. The summed E-state index contributed by atoms with van der Waals surface area (Å²) in [5, 5.41) is 14.1. The third kappa shape index (κ3) is 5.52. The zero-order valence-corrected chi connectivity index (χ0v) is 20.9. The third-order valence-corrected chi connectivity index (χ3v) is 6.75. The fourth-order valence-corrected chi connectivity index (χ4v) is 4.85. The third-order valence-electron chi connectivity index (χ3n) is 6.52. The number of rotatable bonds is 5. The molecule has 1 aromatic heterocycles. The maximum Gasteiger partial charge on any atom is 0.416 e. The molecule has 0 atom stereocenters. The van der Waals surface area contributed by atoms with E-state index in [0.717, 1.165) is 18.9 Å². The fraction of sp³-hybridized carbons (Fsp3) is 0.308. The van der Waals surface area contributed by atoms with E-state index in [1.807, 2.05) is 0 Å². The van der Waals surface area contributed by atoms with E-state index in [-0.39, 0.29) is 28.7 Å². The number of likely N-dealkylation sites (tertiary alicyclic amines) is 1. The lowest BCUT2D eigenvalue weighted by Gasteiger charge is -2.32. The Kier molecular flexibility index (Phi) is 7.11. The molecule has 0 spiro atoms. The highest BCUT2D eigenvalue weighted by molar-refractivity contribution is 6.30. The summed E-state index contributed by atoms with van der Waals surface area (Å²) in [6.07, 6.45) is -2.59. The number of hydrogen-bond donors (Lipinski definition) is 2. The maximum absolute atomic E-state index is 13.6. The van der Waals surface area contributed by atoms with Crippen molar-refractivity contribution < 1.29 is 22.8 Å². The Morgan fingerprint density at radius 1 is 1.03 bits per heavy atom. The van der Waals surface area contributed by atoms with Crippen molar-refractivity contribution in [3.63, 3.8) is 0 Å². The van der Waals surface area contributed by atoms with Crippen molar-refractivity contribution in [1.82, 2.24) is 15.1 Å². The van der Waals surface area contributed by atoms with Crippen molar-refractivity contribution in [3.8, 4) is 0 Å². The summed E-state index contributed by atoms with van der Waals surface area (Å²) in [7, 11) is 0. The number of halogens is 4. The first-order chi connectivity index (χ1) is 18.2. The van der Waals surface area contributed by atoms with Crippen LogP contribution in [0.5, 0.6) is 0 Å². The number of amides is 2. The van der Waals surface area contributed by atoms with Crippen molar-refractivity contribution in [3.05, 3.63) is 75.9 Å². The van der Waals surface area contributed by atoms with Gasteiger partial charge in [0.1, 0.15) is 0 Å². The Hall–Kier alpha value is -3.86. The molecule has 2 aliphatic heterocycles. The van der Waals surface area contributed by atoms with Gasteiger partial charge in [0, 0.05) is 49.0 Å². The summed E-state index contributed by atoms with van der Waals surface area (Å²) in [6.45, 7) is 2.16. The van der Waals surface area contributed by atoms with Gasteiger partial charge in [0.05, 0.1) is 11.3 Å². The average molecular weight is 545 g/mol. The minimum absolute atomic E-state index is 0.0140. The minimum atomic E-state index is -4.54. The van der Waals surface area contributed by atoms with Gasteiger partial charge in [0.15, 0.2) is 11.5 Å². The number of anilines is 3. The van der Waals surface area contributed by atoms with E-state index >= 15 is 0 Å². The first-order valence-electron chi connectivity index (χ1n) is 12.1. The predicted molar refractivity (Wildman–Crippen MR) is 138 cm³/mol. The monoisotopic (exact) mass is 544 g/mol. The number of alkyl halides is 3. The predicted octanol–water partition coefficient (Wildman–Crippen LogP) is 5.07. The molecular formula is C26H24ClF3N6O2. The molecule has 2 amide bonds. The van der Waals surface area contributed by atoms with Gasteiger partial charge < -0.3 is 20.4 Å². The number of aromatic nitrogens is 2. The van der Waals surface area contributed by atoms with Gasteiger partial charge in [-0.05, 0) is 60.9 Å². The molecule has 0 unspecified atom stereocenters. The molecule has 38 heavy (non-hydrogen) atoms. The van der Waals surface area contributed by atoms with Gasteiger partial charge in [0.2, 0.25) is 0 Å². The van der Waals surface area contributed by atoms with Crippen LogP contribution in [0.4, 0.5) is 30.4 Å². The number of fused-ring (bicyclic) bond motifs is 1. The summed E-state index contributed by atoms with van der Waals surface area (Å²) in [4.78, 5) is 29.2. The van der Waals surface area contributed by atoms with Gasteiger partial charge in [-0.1, -0.05) is 17.7 Å². The molecular weight excluding hydrogens is 521 g/mol. The molecule has 12 heteroatoms. The smallest absolute Gasteiger partial charge is 0.365 e. The maximum atomic E-state index is 13.6. The van der Waals surface area contributed by atoms with E-state index in [2.05, 4.69) is 20.8 Å². The number of nitrogens with one attached hydrogen (secondary N) is 2. The lowest BCUT2D eigenvalue weighted by molar-refractivity contribution is -0.138. The van der Waals surface area contributed by atoms with Crippen LogP contribution in [0.15, 0.2) is 48.5 Å². The summed E-state index contributed by atoms with van der Waals surface area (Å²) >= 11 is 6.00. The van der Waals surface area contributed by atoms with Crippen LogP contribution < -0.4 is 15.5 Å². The van der Waals surface area contributed by atoms with Crippen molar-refractivity contribution in [2.45, 2.75) is 25.6 Å². The Balaban J connectivity index is 1.37. The van der Waals surface area contributed by atoms with Crippen LogP contribution in [-0.2, 0) is 12.7 Å². The highest BCUT2D eigenvalue weighted by Crippen LogP contribution is 2.36. The first kappa shape index (κ1) is 25.8. The van der Waals surface area contributed by atoms with Crippen LogP contribution in [0.2, 0.25) is 5.02 Å².